The Bertz CT molecular complexity index is 735. The van der Waals surface area contributed by atoms with E-state index in [2.05, 4.69) is 21.2 Å². The number of carbonyl (C=O) groups excluding carboxylic acids is 2. The van der Waals surface area contributed by atoms with E-state index in [1.165, 1.54) is 0 Å². The second-order valence-corrected chi connectivity index (χ2v) is 7.65. The number of benzene rings is 1. The number of likely N-dealkylation sites (N-methyl/N-ethyl adjacent to an activating group) is 1. The molecule has 1 aromatic heterocycles. The van der Waals surface area contributed by atoms with Crippen molar-refractivity contribution in [3.63, 3.8) is 0 Å². The van der Waals surface area contributed by atoms with Crippen LogP contribution in [0.4, 0.5) is 0 Å². The molecule has 2 amide bonds. The Kier molecular flexibility index (Phi) is 5.38. The highest BCUT2D eigenvalue weighted by atomic mass is 79.9. The van der Waals surface area contributed by atoms with E-state index >= 15 is 0 Å². The Hall–Kier alpha value is -1.82. The van der Waals surface area contributed by atoms with Crippen LogP contribution in [0, 0.1) is 0 Å². The summed E-state index contributed by atoms with van der Waals surface area (Å²) < 4.78 is 2.63. The lowest BCUT2D eigenvalue weighted by atomic mass is 10.1. The third kappa shape index (κ3) is 3.80. The number of hydrogen-bond acceptors (Lipinski definition) is 2. The largest absolute Gasteiger partial charge is 0.350 e. The van der Waals surface area contributed by atoms with Crippen molar-refractivity contribution < 1.29 is 9.59 Å². The van der Waals surface area contributed by atoms with Crippen LogP contribution in [0.5, 0.6) is 0 Å². The maximum atomic E-state index is 13.0. The first kappa shape index (κ1) is 18.5. The Morgan fingerprint density at radius 2 is 1.88 bits per heavy atom. The van der Waals surface area contributed by atoms with E-state index in [4.69, 9.17) is 0 Å². The number of aromatic nitrogens is 1. The molecule has 0 atom stereocenters. The Morgan fingerprint density at radius 3 is 2.42 bits per heavy atom. The quantitative estimate of drug-likeness (QED) is 0.865. The van der Waals surface area contributed by atoms with Gasteiger partial charge in [-0.25, -0.2) is 0 Å². The Labute approximate surface area is 151 Å². The number of halogens is 1. The summed E-state index contributed by atoms with van der Waals surface area (Å²) in [7, 11) is 1.86. The van der Waals surface area contributed by atoms with E-state index in [1.807, 2.05) is 63.6 Å². The summed E-state index contributed by atoms with van der Waals surface area (Å²) in [6, 6.07) is 7.82. The van der Waals surface area contributed by atoms with Gasteiger partial charge in [-0.15, -0.1) is 0 Å². The van der Waals surface area contributed by atoms with E-state index in [-0.39, 0.29) is 23.9 Å². The molecule has 0 aliphatic carbocycles. The first-order valence-corrected chi connectivity index (χ1v) is 8.78. The summed E-state index contributed by atoms with van der Waals surface area (Å²) in [5.74, 6) is -0.320. The molecule has 5 nitrogen and oxygen atoms in total. The van der Waals surface area contributed by atoms with Crippen LogP contribution in [0.1, 0.15) is 38.2 Å². The van der Waals surface area contributed by atoms with E-state index in [9.17, 15) is 9.59 Å². The van der Waals surface area contributed by atoms with Crippen molar-refractivity contribution in [3.05, 3.63) is 34.4 Å². The molecule has 0 aliphatic heterocycles. The third-order valence-electron chi connectivity index (χ3n) is 3.77. The standard InChI is InChI=1S/C18H24BrN3O2/c1-6-22(11-14(23)20-18(2,3)4)17(24)16-15(19)12-9-7-8-10-13(12)21(16)5/h7-10H,6,11H2,1-5H3,(H,20,23). The molecule has 0 saturated carbocycles. The molecule has 130 valence electrons. The summed E-state index contributed by atoms with van der Waals surface area (Å²) in [6.07, 6.45) is 0. The molecular weight excluding hydrogens is 370 g/mol. The first-order valence-electron chi connectivity index (χ1n) is 7.99. The van der Waals surface area contributed by atoms with Gasteiger partial charge in [-0.2, -0.15) is 0 Å². The van der Waals surface area contributed by atoms with E-state index in [0.717, 1.165) is 15.4 Å². The summed E-state index contributed by atoms with van der Waals surface area (Å²) >= 11 is 3.55. The second kappa shape index (κ2) is 6.97. The van der Waals surface area contributed by atoms with Gasteiger partial charge in [0.1, 0.15) is 5.69 Å². The zero-order chi connectivity index (χ0) is 18.1. The number of nitrogens with zero attached hydrogens (tertiary/aromatic N) is 2. The average molecular weight is 394 g/mol. The van der Waals surface area contributed by atoms with Gasteiger partial charge in [0.05, 0.1) is 11.0 Å². The predicted molar refractivity (Wildman–Crippen MR) is 100 cm³/mol. The fourth-order valence-corrected chi connectivity index (χ4v) is 3.46. The van der Waals surface area contributed by atoms with Crippen LogP contribution in [0.3, 0.4) is 0 Å². The van der Waals surface area contributed by atoms with Crippen molar-refractivity contribution in [2.24, 2.45) is 7.05 Å². The van der Waals surface area contributed by atoms with Gasteiger partial charge in [-0.05, 0) is 49.7 Å². The molecule has 1 aromatic carbocycles. The normalized spacial score (nSPS) is 11.6. The predicted octanol–water partition coefficient (Wildman–Crippen LogP) is 3.32. The highest BCUT2D eigenvalue weighted by Crippen LogP contribution is 2.31. The molecule has 0 unspecified atom stereocenters. The van der Waals surface area contributed by atoms with Crippen LogP contribution in [-0.4, -0.2) is 39.9 Å². The summed E-state index contributed by atoms with van der Waals surface area (Å²) in [4.78, 5) is 26.7. The molecule has 0 radical (unpaired) electrons. The Balaban J connectivity index is 2.31. The molecule has 0 bridgehead atoms. The number of carbonyl (C=O) groups is 2. The summed E-state index contributed by atoms with van der Waals surface area (Å²) in [6.45, 7) is 8.14. The minimum atomic E-state index is -0.320. The lowest BCUT2D eigenvalue weighted by Crippen LogP contribution is -2.47. The number of hydrogen-bond donors (Lipinski definition) is 1. The maximum Gasteiger partial charge on any atom is 0.272 e. The smallest absolute Gasteiger partial charge is 0.272 e. The molecule has 0 spiro atoms. The zero-order valence-electron chi connectivity index (χ0n) is 14.8. The SMILES string of the molecule is CCN(CC(=O)NC(C)(C)C)C(=O)c1c(Br)c2ccccc2n1C. The minimum absolute atomic E-state index is 0.0422. The average Bonchev–Trinajstić information content (AvgIpc) is 2.74. The molecular formula is C18H24BrN3O2. The highest BCUT2D eigenvalue weighted by Gasteiger charge is 2.25. The molecule has 0 fully saturated rings. The van der Waals surface area contributed by atoms with Gasteiger partial charge >= 0.3 is 0 Å². The number of fused-ring (bicyclic) bond motifs is 1. The van der Waals surface area contributed by atoms with Crippen LogP contribution in [-0.2, 0) is 11.8 Å². The summed E-state index contributed by atoms with van der Waals surface area (Å²) in [5.41, 5.74) is 1.21. The van der Waals surface area contributed by atoms with Gasteiger partial charge < -0.3 is 14.8 Å². The fraction of sp³-hybridized carbons (Fsp3) is 0.444. The van der Waals surface area contributed by atoms with E-state index in [0.29, 0.717) is 12.2 Å². The van der Waals surface area contributed by atoms with Gasteiger partial charge in [0.25, 0.3) is 5.91 Å². The van der Waals surface area contributed by atoms with Crippen LogP contribution < -0.4 is 5.32 Å². The van der Waals surface area contributed by atoms with Crippen molar-refractivity contribution in [3.8, 4) is 0 Å². The Morgan fingerprint density at radius 1 is 1.25 bits per heavy atom. The van der Waals surface area contributed by atoms with Crippen molar-refractivity contribution >= 4 is 38.6 Å². The van der Waals surface area contributed by atoms with Crippen molar-refractivity contribution in [1.29, 1.82) is 0 Å². The molecule has 0 saturated heterocycles. The monoisotopic (exact) mass is 393 g/mol. The van der Waals surface area contributed by atoms with Crippen LogP contribution in [0.15, 0.2) is 28.7 Å². The lowest BCUT2D eigenvalue weighted by Gasteiger charge is -2.25. The van der Waals surface area contributed by atoms with Gasteiger partial charge in [0.2, 0.25) is 5.91 Å². The minimum Gasteiger partial charge on any atom is -0.350 e. The van der Waals surface area contributed by atoms with Gasteiger partial charge in [0.15, 0.2) is 0 Å². The summed E-state index contributed by atoms with van der Waals surface area (Å²) in [5, 5.41) is 3.88. The molecule has 0 aliphatic rings. The van der Waals surface area contributed by atoms with E-state index in [1.54, 1.807) is 4.90 Å². The molecule has 1 heterocycles. The number of rotatable bonds is 4. The second-order valence-electron chi connectivity index (χ2n) is 6.86. The maximum absolute atomic E-state index is 13.0. The molecule has 2 aromatic rings. The van der Waals surface area contributed by atoms with Crippen molar-refractivity contribution in [1.82, 2.24) is 14.8 Å². The molecule has 24 heavy (non-hydrogen) atoms. The number of amides is 2. The molecule has 2 rings (SSSR count). The zero-order valence-corrected chi connectivity index (χ0v) is 16.4. The van der Waals surface area contributed by atoms with Gasteiger partial charge in [0, 0.05) is 30.0 Å². The molecule has 6 heteroatoms. The third-order valence-corrected chi connectivity index (χ3v) is 4.57. The lowest BCUT2D eigenvalue weighted by molar-refractivity contribution is -0.123. The molecule has 1 N–H and O–H groups in total. The van der Waals surface area contributed by atoms with Gasteiger partial charge in [-0.1, -0.05) is 18.2 Å². The number of nitrogens with one attached hydrogen (secondary N) is 1. The van der Waals surface area contributed by atoms with Crippen LogP contribution >= 0.6 is 15.9 Å². The van der Waals surface area contributed by atoms with Gasteiger partial charge in [-0.3, -0.25) is 9.59 Å². The highest BCUT2D eigenvalue weighted by molar-refractivity contribution is 9.10. The number of aryl methyl sites for hydroxylation is 1. The van der Waals surface area contributed by atoms with Crippen LogP contribution in [0.2, 0.25) is 0 Å². The van der Waals surface area contributed by atoms with Crippen molar-refractivity contribution in [2.75, 3.05) is 13.1 Å². The number of para-hydroxylation sites is 1. The fourth-order valence-electron chi connectivity index (χ4n) is 2.69. The van der Waals surface area contributed by atoms with Crippen LogP contribution in [0.25, 0.3) is 10.9 Å². The topological polar surface area (TPSA) is 54.3 Å². The van der Waals surface area contributed by atoms with E-state index < -0.39 is 0 Å². The first-order chi connectivity index (χ1) is 11.2. The van der Waals surface area contributed by atoms with Crippen molar-refractivity contribution in [2.45, 2.75) is 33.2 Å².